The summed E-state index contributed by atoms with van der Waals surface area (Å²) >= 11 is 1.36. The van der Waals surface area contributed by atoms with Gasteiger partial charge in [-0.3, -0.25) is 4.79 Å². The monoisotopic (exact) mass is 465 g/mol. The number of ether oxygens (including phenoxy) is 2. The fraction of sp³-hybridized carbons (Fsp3) is 0.333. The van der Waals surface area contributed by atoms with Crippen molar-refractivity contribution < 1.29 is 19.1 Å². The quantitative estimate of drug-likeness (QED) is 0.403. The Hall–Kier alpha value is -3.12. The molecule has 5 nitrogen and oxygen atoms in total. The fourth-order valence-corrected chi connectivity index (χ4v) is 4.73. The Kier molecular flexibility index (Phi) is 7.59. The summed E-state index contributed by atoms with van der Waals surface area (Å²) in [6.07, 6.45) is 0. The lowest BCUT2D eigenvalue weighted by Gasteiger charge is -2.23. The lowest BCUT2D eigenvalue weighted by atomic mass is 9.85. The average Bonchev–Trinajstić information content (AvgIpc) is 3.08. The number of rotatable bonds is 7. The highest BCUT2D eigenvalue weighted by Crippen LogP contribution is 2.40. The SMILES string of the molecule is CCOC(=O)c1c(NC(=O)COc2ccc(C)cc2C(C)(C)C)sc(C)c1-c1ccccc1. The smallest absolute Gasteiger partial charge is 0.341 e. The summed E-state index contributed by atoms with van der Waals surface area (Å²) < 4.78 is 11.2. The molecule has 0 saturated carbocycles. The van der Waals surface area contributed by atoms with E-state index >= 15 is 0 Å². The van der Waals surface area contributed by atoms with Gasteiger partial charge in [0.05, 0.1) is 6.61 Å². The van der Waals surface area contributed by atoms with E-state index in [1.807, 2.05) is 56.3 Å². The van der Waals surface area contributed by atoms with Crippen LogP contribution in [0.15, 0.2) is 48.5 Å². The predicted octanol–water partition coefficient (Wildman–Crippen LogP) is 6.52. The molecule has 0 radical (unpaired) electrons. The lowest BCUT2D eigenvalue weighted by Crippen LogP contribution is -2.22. The highest BCUT2D eigenvalue weighted by Gasteiger charge is 2.26. The Morgan fingerprint density at radius 3 is 2.36 bits per heavy atom. The van der Waals surface area contributed by atoms with Gasteiger partial charge >= 0.3 is 5.97 Å². The number of hydrogen-bond donors (Lipinski definition) is 1. The molecular formula is C27H31NO4S. The van der Waals surface area contributed by atoms with Crippen LogP contribution in [0.25, 0.3) is 11.1 Å². The lowest BCUT2D eigenvalue weighted by molar-refractivity contribution is -0.118. The third-order valence-corrected chi connectivity index (χ3v) is 6.20. The Balaban J connectivity index is 1.85. The van der Waals surface area contributed by atoms with Crippen LogP contribution in [0.3, 0.4) is 0 Å². The van der Waals surface area contributed by atoms with Crippen LogP contribution >= 0.6 is 11.3 Å². The van der Waals surface area contributed by atoms with Gasteiger partial charge in [-0.05, 0) is 43.4 Å². The Bertz CT molecular complexity index is 1140. The number of nitrogens with one attached hydrogen (secondary N) is 1. The van der Waals surface area contributed by atoms with Gasteiger partial charge in [-0.2, -0.15) is 0 Å². The third kappa shape index (κ3) is 5.82. The van der Waals surface area contributed by atoms with Crippen LogP contribution in [0, 0.1) is 13.8 Å². The van der Waals surface area contributed by atoms with Crippen molar-refractivity contribution >= 4 is 28.2 Å². The summed E-state index contributed by atoms with van der Waals surface area (Å²) in [5.74, 6) is -0.103. The van der Waals surface area contributed by atoms with E-state index < -0.39 is 5.97 Å². The number of carbonyl (C=O) groups excluding carboxylic acids is 2. The number of thiophene rings is 1. The highest BCUT2D eigenvalue weighted by atomic mass is 32.1. The van der Waals surface area contributed by atoms with E-state index in [1.54, 1.807) is 6.92 Å². The maximum Gasteiger partial charge on any atom is 0.341 e. The minimum atomic E-state index is -0.453. The van der Waals surface area contributed by atoms with Crippen molar-refractivity contribution in [3.63, 3.8) is 0 Å². The first-order valence-electron chi connectivity index (χ1n) is 11.0. The van der Waals surface area contributed by atoms with Gasteiger partial charge in [0.2, 0.25) is 0 Å². The molecular weight excluding hydrogens is 434 g/mol. The van der Waals surface area contributed by atoms with Crippen molar-refractivity contribution in [1.29, 1.82) is 0 Å². The molecule has 0 saturated heterocycles. The van der Waals surface area contributed by atoms with Crippen molar-refractivity contribution in [2.24, 2.45) is 0 Å². The van der Waals surface area contributed by atoms with Crippen LogP contribution in [0.1, 0.15) is 54.1 Å². The summed E-state index contributed by atoms with van der Waals surface area (Å²) in [5, 5.41) is 3.35. The van der Waals surface area contributed by atoms with Crippen molar-refractivity contribution in [1.82, 2.24) is 0 Å². The van der Waals surface area contributed by atoms with Crippen molar-refractivity contribution in [2.45, 2.75) is 47.0 Å². The molecule has 174 valence electrons. The Morgan fingerprint density at radius 1 is 1.03 bits per heavy atom. The summed E-state index contributed by atoms with van der Waals surface area (Å²) in [5.41, 5.74) is 4.12. The van der Waals surface area contributed by atoms with Gasteiger partial charge in [0, 0.05) is 10.4 Å². The number of benzene rings is 2. The van der Waals surface area contributed by atoms with E-state index in [-0.39, 0.29) is 24.5 Å². The summed E-state index contributed by atoms with van der Waals surface area (Å²) in [6.45, 7) is 12.2. The van der Waals surface area contributed by atoms with E-state index in [9.17, 15) is 9.59 Å². The first-order valence-corrected chi connectivity index (χ1v) is 11.8. The third-order valence-electron chi connectivity index (χ3n) is 5.18. The first-order chi connectivity index (χ1) is 15.6. The fourth-order valence-electron chi connectivity index (χ4n) is 3.64. The first kappa shape index (κ1) is 24.5. The minimum absolute atomic E-state index is 0.121. The molecule has 0 spiro atoms. The molecule has 1 aromatic heterocycles. The molecule has 2 aromatic carbocycles. The molecule has 0 unspecified atom stereocenters. The van der Waals surface area contributed by atoms with Gasteiger partial charge in [0.1, 0.15) is 16.3 Å². The van der Waals surface area contributed by atoms with E-state index in [0.717, 1.165) is 27.1 Å². The predicted molar refractivity (Wildman–Crippen MR) is 134 cm³/mol. The zero-order chi connectivity index (χ0) is 24.2. The van der Waals surface area contributed by atoms with Gasteiger partial charge in [-0.1, -0.05) is 68.8 Å². The van der Waals surface area contributed by atoms with Crippen LogP contribution in [-0.4, -0.2) is 25.1 Å². The second-order valence-electron chi connectivity index (χ2n) is 8.91. The normalized spacial score (nSPS) is 11.2. The zero-order valence-corrected chi connectivity index (χ0v) is 20.9. The highest BCUT2D eigenvalue weighted by molar-refractivity contribution is 7.17. The maximum atomic E-state index is 12.8. The number of amides is 1. The molecule has 1 amide bonds. The van der Waals surface area contributed by atoms with Gasteiger partial charge < -0.3 is 14.8 Å². The van der Waals surface area contributed by atoms with Crippen LogP contribution in [0.2, 0.25) is 0 Å². The molecule has 0 bridgehead atoms. The van der Waals surface area contributed by atoms with Crippen LogP contribution in [0.5, 0.6) is 5.75 Å². The number of esters is 1. The largest absolute Gasteiger partial charge is 0.483 e. The summed E-state index contributed by atoms with van der Waals surface area (Å²) in [7, 11) is 0. The van der Waals surface area contributed by atoms with Gasteiger partial charge in [-0.15, -0.1) is 11.3 Å². The zero-order valence-electron chi connectivity index (χ0n) is 20.1. The molecule has 3 aromatic rings. The molecule has 0 fully saturated rings. The van der Waals surface area contributed by atoms with Crippen molar-refractivity contribution in [3.05, 3.63) is 70.1 Å². The summed E-state index contributed by atoms with van der Waals surface area (Å²) in [4.78, 5) is 26.6. The number of anilines is 1. The molecule has 0 atom stereocenters. The van der Waals surface area contributed by atoms with Crippen molar-refractivity contribution in [2.75, 3.05) is 18.5 Å². The van der Waals surface area contributed by atoms with E-state index in [2.05, 4.69) is 32.2 Å². The van der Waals surface area contributed by atoms with E-state index in [0.29, 0.717) is 16.3 Å². The van der Waals surface area contributed by atoms with Crippen molar-refractivity contribution in [3.8, 4) is 16.9 Å². The maximum absolute atomic E-state index is 12.8. The number of aryl methyl sites for hydroxylation is 2. The van der Waals surface area contributed by atoms with Gasteiger partial charge in [0.25, 0.3) is 5.91 Å². The molecule has 0 aliphatic carbocycles. The molecule has 6 heteroatoms. The number of carbonyl (C=O) groups is 2. The Morgan fingerprint density at radius 2 is 1.73 bits per heavy atom. The molecule has 0 aliphatic rings. The standard InChI is InChI=1S/C27H31NO4S/c1-7-31-26(30)24-23(19-11-9-8-10-12-19)18(3)33-25(24)28-22(29)16-32-21-14-13-17(2)15-20(21)27(4,5)6/h8-15H,7,16H2,1-6H3,(H,28,29). The Labute approximate surface area is 199 Å². The second-order valence-corrected chi connectivity index (χ2v) is 10.1. The number of hydrogen-bond acceptors (Lipinski definition) is 5. The van der Waals surface area contributed by atoms with E-state index in [4.69, 9.17) is 9.47 Å². The van der Waals surface area contributed by atoms with Crippen LogP contribution < -0.4 is 10.1 Å². The van der Waals surface area contributed by atoms with Crippen LogP contribution in [-0.2, 0) is 14.9 Å². The molecule has 1 N–H and O–H groups in total. The molecule has 0 aliphatic heterocycles. The average molecular weight is 466 g/mol. The second kappa shape index (κ2) is 10.2. The van der Waals surface area contributed by atoms with E-state index in [1.165, 1.54) is 11.3 Å². The molecule has 33 heavy (non-hydrogen) atoms. The van der Waals surface area contributed by atoms with Crippen LogP contribution in [0.4, 0.5) is 5.00 Å². The van der Waals surface area contributed by atoms with Gasteiger partial charge in [0.15, 0.2) is 6.61 Å². The molecule has 1 heterocycles. The van der Waals surface area contributed by atoms with Gasteiger partial charge in [-0.25, -0.2) is 4.79 Å². The molecule has 3 rings (SSSR count). The topological polar surface area (TPSA) is 64.6 Å². The minimum Gasteiger partial charge on any atom is -0.483 e. The summed E-state index contributed by atoms with van der Waals surface area (Å²) in [6, 6.07) is 15.6.